The van der Waals surface area contributed by atoms with Crippen molar-refractivity contribution in [2.75, 3.05) is 17.2 Å². The molecule has 5 rings (SSSR count). The first-order valence-electron chi connectivity index (χ1n) is 11.4. The molecule has 0 bridgehead atoms. The normalized spacial score (nSPS) is 13.0. The molecular formula is C24H25FN8OS. The van der Waals surface area contributed by atoms with Crippen LogP contribution in [0.3, 0.4) is 0 Å². The number of carbonyl (C=O) groups excluding carboxylic acids is 1. The molecule has 4 N–H and O–H groups in total. The monoisotopic (exact) mass is 492 g/mol. The minimum absolute atomic E-state index is 0.270. The molecular weight excluding hydrogens is 467 g/mol. The number of H-pyrrole nitrogens is 1. The van der Waals surface area contributed by atoms with E-state index < -0.39 is 0 Å². The Morgan fingerprint density at radius 1 is 1.20 bits per heavy atom. The van der Waals surface area contributed by atoms with Gasteiger partial charge < -0.3 is 16.0 Å². The number of thiazole rings is 1. The van der Waals surface area contributed by atoms with Crippen LogP contribution in [-0.2, 0) is 13.0 Å². The van der Waals surface area contributed by atoms with Gasteiger partial charge in [0.15, 0.2) is 0 Å². The van der Waals surface area contributed by atoms with Crippen LogP contribution in [0.2, 0.25) is 0 Å². The number of anilines is 3. The Morgan fingerprint density at radius 3 is 2.89 bits per heavy atom. The van der Waals surface area contributed by atoms with Crippen LogP contribution in [0.5, 0.6) is 0 Å². The van der Waals surface area contributed by atoms with Gasteiger partial charge in [0.25, 0.3) is 5.91 Å². The highest BCUT2D eigenvalue weighted by molar-refractivity contribution is 7.09. The SMILES string of the molecule is Cc1cc(Nc2cc(C3CC3)n[nH]2)nc(NCc2nc(C(=O)NCCc3ccccc3F)cs2)n1. The van der Waals surface area contributed by atoms with E-state index in [-0.39, 0.29) is 11.7 Å². The third-order valence-electron chi connectivity index (χ3n) is 5.53. The van der Waals surface area contributed by atoms with Gasteiger partial charge in [-0.25, -0.2) is 14.4 Å². The zero-order valence-corrected chi connectivity index (χ0v) is 20.0. The summed E-state index contributed by atoms with van der Waals surface area (Å²) in [7, 11) is 0. The molecule has 0 unspecified atom stereocenters. The maximum absolute atomic E-state index is 13.7. The lowest BCUT2D eigenvalue weighted by molar-refractivity contribution is 0.0949. The number of amides is 1. The Balaban J connectivity index is 1.14. The summed E-state index contributed by atoms with van der Waals surface area (Å²) < 4.78 is 13.7. The molecule has 1 saturated carbocycles. The number of hydrogen-bond acceptors (Lipinski definition) is 8. The lowest BCUT2D eigenvalue weighted by Gasteiger charge is -2.08. The molecule has 1 amide bonds. The topological polar surface area (TPSA) is 121 Å². The molecule has 1 fully saturated rings. The first kappa shape index (κ1) is 22.9. The van der Waals surface area contributed by atoms with Crippen molar-refractivity contribution in [3.05, 3.63) is 75.2 Å². The van der Waals surface area contributed by atoms with E-state index in [1.807, 2.05) is 19.1 Å². The molecule has 11 heteroatoms. The van der Waals surface area contributed by atoms with Gasteiger partial charge in [-0.1, -0.05) is 18.2 Å². The largest absolute Gasteiger partial charge is 0.350 e. The van der Waals surface area contributed by atoms with Crippen LogP contribution < -0.4 is 16.0 Å². The Kier molecular flexibility index (Phi) is 6.66. The fraction of sp³-hybridized carbons (Fsp3) is 0.292. The standard InChI is InChI=1S/C24H25FN8OS/c1-14-10-20(30-21-11-18(32-33-21)16-6-7-16)31-24(28-14)27-12-22-29-19(13-35-22)23(34)26-9-8-15-4-2-3-5-17(15)25/h2-5,10-11,13,16H,6-9,12H2,1H3,(H,26,34)(H3,27,28,30,31,32,33). The van der Waals surface area contributed by atoms with Crippen molar-refractivity contribution in [1.29, 1.82) is 0 Å². The number of hydrogen-bond donors (Lipinski definition) is 4. The van der Waals surface area contributed by atoms with E-state index in [2.05, 4.69) is 41.1 Å². The molecule has 9 nitrogen and oxygen atoms in total. The average molecular weight is 493 g/mol. The van der Waals surface area contributed by atoms with Crippen molar-refractivity contribution in [2.24, 2.45) is 0 Å². The van der Waals surface area contributed by atoms with Crippen LogP contribution in [-0.4, -0.2) is 37.6 Å². The van der Waals surface area contributed by atoms with Crippen molar-refractivity contribution >= 4 is 34.8 Å². The number of nitrogens with zero attached hydrogens (tertiary/aromatic N) is 4. The zero-order valence-electron chi connectivity index (χ0n) is 19.1. The number of aromatic nitrogens is 5. The minimum atomic E-state index is -0.285. The van der Waals surface area contributed by atoms with E-state index in [1.54, 1.807) is 23.6 Å². The molecule has 0 atom stereocenters. The van der Waals surface area contributed by atoms with Crippen molar-refractivity contribution in [2.45, 2.75) is 38.6 Å². The van der Waals surface area contributed by atoms with Crippen LogP contribution >= 0.6 is 11.3 Å². The van der Waals surface area contributed by atoms with Gasteiger partial charge in [0.05, 0.1) is 12.2 Å². The van der Waals surface area contributed by atoms with Gasteiger partial charge in [-0.2, -0.15) is 10.1 Å². The second-order valence-corrected chi connectivity index (χ2v) is 9.34. The van der Waals surface area contributed by atoms with Crippen LogP contribution in [0, 0.1) is 12.7 Å². The van der Waals surface area contributed by atoms with Gasteiger partial charge in [-0.05, 0) is 37.8 Å². The number of aromatic amines is 1. The van der Waals surface area contributed by atoms with Crippen molar-refractivity contribution in [3.8, 4) is 0 Å². The zero-order chi connectivity index (χ0) is 24.2. The number of benzene rings is 1. The highest BCUT2D eigenvalue weighted by atomic mass is 32.1. The van der Waals surface area contributed by atoms with Gasteiger partial charge in [-0.15, -0.1) is 11.3 Å². The maximum atomic E-state index is 13.7. The van der Waals surface area contributed by atoms with Crippen molar-refractivity contribution in [1.82, 2.24) is 30.5 Å². The predicted molar refractivity (Wildman–Crippen MR) is 132 cm³/mol. The number of aryl methyl sites for hydroxylation is 1. The first-order chi connectivity index (χ1) is 17.0. The van der Waals surface area contributed by atoms with E-state index in [9.17, 15) is 9.18 Å². The third-order valence-corrected chi connectivity index (χ3v) is 6.38. The van der Waals surface area contributed by atoms with E-state index in [0.29, 0.717) is 48.5 Å². The predicted octanol–water partition coefficient (Wildman–Crippen LogP) is 4.31. The molecule has 0 spiro atoms. The summed E-state index contributed by atoms with van der Waals surface area (Å²) in [5, 5.41) is 19.0. The molecule has 3 heterocycles. The fourth-order valence-electron chi connectivity index (χ4n) is 3.59. The number of halogens is 1. The van der Waals surface area contributed by atoms with Gasteiger partial charge >= 0.3 is 0 Å². The molecule has 0 saturated heterocycles. The maximum Gasteiger partial charge on any atom is 0.270 e. The summed E-state index contributed by atoms with van der Waals surface area (Å²) in [6, 6.07) is 10.4. The fourth-order valence-corrected chi connectivity index (χ4v) is 4.31. The summed E-state index contributed by atoms with van der Waals surface area (Å²) in [4.78, 5) is 25.7. The summed E-state index contributed by atoms with van der Waals surface area (Å²) in [5.41, 5.74) is 2.78. The second kappa shape index (κ2) is 10.2. The van der Waals surface area contributed by atoms with E-state index >= 15 is 0 Å². The summed E-state index contributed by atoms with van der Waals surface area (Å²) in [6.45, 7) is 2.61. The van der Waals surface area contributed by atoms with Crippen molar-refractivity contribution < 1.29 is 9.18 Å². The van der Waals surface area contributed by atoms with Gasteiger partial charge in [0, 0.05) is 35.7 Å². The first-order valence-corrected chi connectivity index (χ1v) is 12.3. The van der Waals surface area contributed by atoms with E-state index in [4.69, 9.17) is 0 Å². The smallest absolute Gasteiger partial charge is 0.270 e. The van der Waals surface area contributed by atoms with Gasteiger partial charge in [0.1, 0.15) is 28.2 Å². The van der Waals surface area contributed by atoms with E-state index in [1.165, 1.54) is 30.2 Å². The number of carbonyl (C=O) groups is 1. The molecule has 1 aliphatic carbocycles. The Bertz CT molecular complexity index is 1330. The quantitative estimate of drug-likeness (QED) is 0.260. The second-order valence-electron chi connectivity index (χ2n) is 8.40. The molecule has 1 aliphatic rings. The van der Waals surface area contributed by atoms with Gasteiger partial charge in [-0.3, -0.25) is 9.89 Å². The molecule has 1 aromatic carbocycles. The van der Waals surface area contributed by atoms with Crippen molar-refractivity contribution in [3.63, 3.8) is 0 Å². The Labute approximate surface area is 205 Å². The van der Waals surface area contributed by atoms with Crippen LogP contribution in [0.4, 0.5) is 22.0 Å². The van der Waals surface area contributed by atoms with Gasteiger partial charge in [0.2, 0.25) is 5.95 Å². The highest BCUT2D eigenvalue weighted by Crippen LogP contribution is 2.39. The summed E-state index contributed by atoms with van der Waals surface area (Å²) >= 11 is 1.37. The minimum Gasteiger partial charge on any atom is -0.350 e. The summed E-state index contributed by atoms with van der Waals surface area (Å²) in [6.07, 6.45) is 2.80. The third kappa shape index (κ3) is 5.99. The number of nitrogens with one attached hydrogen (secondary N) is 4. The Morgan fingerprint density at radius 2 is 2.06 bits per heavy atom. The van der Waals surface area contributed by atoms with Crippen LogP contribution in [0.1, 0.15) is 51.2 Å². The molecule has 4 aromatic rings. The highest BCUT2D eigenvalue weighted by Gasteiger charge is 2.26. The average Bonchev–Trinajstić information content (AvgIpc) is 3.39. The van der Waals surface area contributed by atoms with Crippen LogP contribution in [0.15, 0.2) is 41.8 Å². The molecule has 0 radical (unpaired) electrons. The lowest BCUT2D eigenvalue weighted by Crippen LogP contribution is -2.26. The number of rotatable bonds is 10. The molecule has 3 aromatic heterocycles. The molecule has 35 heavy (non-hydrogen) atoms. The lowest BCUT2D eigenvalue weighted by atomic mass is 10.1. The van der Waals surface area contributed by atoms with Crippen LogP contribution in [0.25, 0.3) is 0 Å². The van der Waals surface area contributed by atoms with E-state index in [0.717, 1.165) is 22.2 Å². The summed E-state index contributed by atoms with van der Waals surface area (Å²) in [5.74, 6) is 1.92. The Hall–Kier alpha value is -3.86. The molecule has 0 aliphatic heterocycles. The molecule has 180 valence electrons.